The monoisotopic (exact) mass is 406 g/mol. The van der Waals surface area contributed by atoms with Crippen LogP contribution < -0.4 is 5.73 Å². The van der Waals surface area contributed by atoms with Gasteiger partial charge >= 0.3 is 0 Å². The number of aliphatic hydroxyl groups is 1. The van der Waals surface area contributed by atoms with Crippen molar-refractivity contribution in [1.82, 2.24) is 19.5 Å². The van der Waals surface area contributed by atoms with Crippen LogP contribution in [0.5, 0.6) is 0 Å². The first-order valence-electron chi connectivity index (χ1n) is 9.01. The third-order valence-corrected chi connectivity index (χ3v) is 10.1. The van der Waals surface area contributed by atoms with Gasteiger partial charge in [-0.3, -0.25) is 4.57 Å². The number of anilines is 1. The number of hydrogen-bond acceptors (Lipinski definition) is 8. The summed E-state index contributed by atoms with van der Waals surface area (Å²) in [5, 5.41) is 14.5. The Morgan fingerprint density at radius 1 is 1.39 bits per heavy atom. The molecule has 0 aliphatic carbocycles. The van der Waals surface area contributed by atoms with Crippen LogP contribution in [0.15, 0.2) is 17.8 Å². The molecule has 1 aliphatic rings. The summed E-state index contributed by atoms with van der Waals surface area (Å²) in [6, 6.07) is -0.855. The van der Waals surface area contributed by atoms with Crippen LogP contribution in [0.3, 0.4) is 0 Å². The molecule has 0 aromatic carbocycles. The molecule has 2 aromatic heterocycles. The maximum Gasteiger partial charge on any atom is 0.192 e. The quantitative estimate of drug-likeness (QED) is 0.334. The van der Waals surface area contributed by atoms with E-state index in [1.807, 2.05) is 0 Å². The van der Waals surface area contributed by atoms with E-state index in [2.05, 4.69) is 58.8 Å². The second-order valence-electron chi connectivity index (χ2n) is 8.41. The first-order valence-corrected chi connectivity index (χ1v) is 11.9. The van der Waals surface area contributed by atoms with Crippen LogP contribution in [0.1, 0.15) is 27.0 Å². The molecule has 4 atom stereocenters. The van der Waals surface area contributed by atoms with E-state index in [1.165, 1.54) is 12.7 Å². The number of ether oxygens (including phenoxy) is 1. The zero-order chi connectivity index (χ0) is 20.7. The molecular formula is C16H26N8O3Si. The van der Waals surface area contributed by atoms with Crippen LogP contribution in [-0.2, 0) is 9.16 Å². The third-order valence-electron chi connectivity index (χ3n) is 5.60. The molecule has 1 saturated heterocycles. The van der Waals surface area contributed by atoms with Crippen LogP contribution in [0, 0.1) is 0 Å². The topological polar surface area (TPSA) is 157 Å². The van der Waals surface area contributed by atoms with E-state index in [-0.39, 0.29) is 17.5 Å². The van der Waals surface area contributed by atoms with Gasteiger partial charge in [0.1, 0.15) is 30.2 Å². The van der Waals surface area contributed by atoms with E-state index in [1.54, 1.807) is 4.57 Å². The Bertz CT molecular complexity index is 905. The van der Waals surface area contributed by atoms with Crippen LogP contribution in [-0.4, -0.2) is 57.8 Å². The molecule has 3 N–H and O–H groups in total. The maximum atomic E-state index is 10.7. The molecule has 0 bridgehead atoms. The Morgan fingerprint density at radius 3 is 2.75 bits per heavy atom. The number of hydrogen-bond donors (Lipinski definition) is 2. The summed E-state index contributed by atoms with van der Waals surface area (Å²) >= 11 is 0. The molecule has 2 aromatic rings. The molecule has 28 heavy (non-hydrogen) atoms. The lowest BCUT2D eigenvalue weighted by molar-refractivity contribution is -0.0410. The molecule has 0 amide bonds. The summed E-state index contributed by atoms with van der Waals surface area (Å²) in [5.41, 5.74) is 15.7. The van der Waals surface area contributed by atoms with Crippen molar-refractivity contribution in [2.75, 3.05) is 12.3 Å². The summed E-state index contributed by atoms with van der Waals surface area (Å²) in [6.07, 6.45) is 0.359. The Morgan fingerprint density at radius 2 is 2.11 bits per heavy atom. The first-order chi connectivity index (χ1) is 13.1. The molecule has 0 saturated carbocycles. The van der Waals surface area contributed by atoms with Gasteiger partial charge in [0.25, 0.3) is 0 Å². The highest BCUT2D eigenvalue weighted by molar-refractivity contribution is 6.74. The lowest BCUT2D eigenvalue weighted by Gasteiger charge is -2.37. The summed E-state index contributed by atoms with van der Waals surface area (Å²) < 4.78 is 13.8. The van der Waals surface area contributed by atoms with Crippen molar-refractivity contribution in [2.45, 2.75) is 63.4 Å². The lowest BCUT2D eigenvalue weighted by Crippen LogP contribution is -2.44. The number of fused-ring (bicyclic) bond motifs is 1. The predicted octanol–water partition coefficient (Wildman–Crippen LogP) is 2.37. The van der Waals surface area contributed by atoms with Crippen molar-refractivity contribution in [3.8, 4) is 0 Å². The Hall–Kier alpha value is -2.24. The molecule has 0 spiro atoms. The van der Waals surface area contributed by atoms with Gasteiger partial charge in [-0.2, -0.15) is 0 Å². The molecular weight excluding hydrogens is 380 g/mol. The van der Waals surface area contributed by atoms with Gasteiger partial charge in [-0.25, -0.2) is 15.0 Å². The van der Waals surface area contributed by atoms with E-state index in [4.69, 9.17) is 20.4 Å². The number of aromatic nitrogens is 4. The number of nitrogens with two attached hydrogens (primary N) is 1. The summed E-state index contributed by atoms with van der Waals surface area (Å²) in [7, 11) is -2.03. The van der Waals surface area contributed by atoms with Crippen LogP contribution in [0.4, 0.5) is 5.82 Å². The number of azide groups is 1. The van der Waals surface area contributed by atoms with Gasteiger partial charge in [-0.1, -0.05) is 25.9 Å². The zero-order valence-corrected chi connectivity index (χ0v) is 17.6. The first kappa shape index (κ1) is 20.5. The van der Waals surface area contributed by atoms with Crippen LogP contribution in [0.25, 0.3) is 21.6 Å². The smallest absolute Gasteiger partial charge is 0.192 e. The Kier molecular flexibility index (Phi) is 5.34. The lowest BCUT2D eigenvalue weighted by atomic mass is 10.1. The molecule has 11 nitrogen and oxygen atoms in total. The average Bonchev–Trinajstić information content (AvgIpc) is 3.16. The average molecular weight is 407 g/mol. The van der Waals surface area contributed by atoms with E-state index in [0.29, 0.717) is 11.2 Å². The number of imidazole rings is 1. The van der Waals surface area contributed by atoms with Gasteiger partial charge in [0.15, 0.2) is 19.8 Å². The highest BCUT2D eigenvalue weighted by Gasteiger charge is 2.46. The molecule has 3 heterocycles. The molecule has 3 rings (SSSR count). The second-order valence-corrected chi connectivity index (χ2v) is 13.2. The minimum atomic E-state index is -2.03. The summed E-state index contributed by atoms with van der Waals surface area (Å²) in [4.78, 5) is 15.2. The minimum absolute atomic E-state index is 0.0230. The highest BCUT2D eigenvalue weighted by Crippen LogP contribution is 2.39. The minimum Gasteiger partial charge on any atom is -0.414 e. The van der Waals surface area contributed by atoms with Gasteiger partial charge in [-0.15, -0.1) is 0 Å². The van der Waals surface area contributed by atoms with Crippen molar-refractivity contribution in [3.05, 3.63) is 23.1 Å². The van der Waals surface area contributed by atoms with Gasteiger partial charge < -0.3 is 20.0 Å². The van der Waals surface area contributed by atoms with Crippen molar-refractivity contribution in [3.63, 3.8) is 0 Å². The van der Waals surface area contributed by atoms with E-state index in [0.717, 1.165) is 0 Å². The molecule has 1 fully saturated rings. The van der Waals surface area contributed by atoms with Crippen molar-refractivity contribution >= 4 is 25.3 Å². The fourth-order valence-corrected chi connectivity index (χ4v) is 3.86. The number of nitrogens with zero attached hydrogens (tertiary/aromatic N) is 7. The zero-order valence-electron chi connectivity index (χ0n) is 16.6. The van der Waals surface area contributed by atoms with Gasteiger partial charge in [0.2, 0.25) is 0 Å². The molecule has 0 radical (unpaired) electrons. The van der Waals surface area contributed by atoms with E-state index in [9.17, 15) is 5.11 Å². The van der Waals surface area contributed by atoms with Crippen LogP contribution >= 0.6 is 0 Å². The van der Waals surface area contributed by atoms with Crippen molar-refractivity contribution in [1.29, 1.82) is 0 Å². The van der Waals surface area contributed by atoms with Crippen LogP contribution in [0.2, 0.25) is 18.1 Å². The van der Waals surface area contributed by atoms with Gasteiger partial charge in [0.05, 0.1) is 19.0 Å². The number of aliphatic hydroxyl groups excluding tert-OH is 1. The van der Waals surface area contributed by atoms with Crippen molar-refractivity contribution < 1.29 is 14.3 Å². The highest BCUT2D eigenvalue weighted by atomic mass is 28.4. The largest absolute Gasteiger partial charge is 0.414 e. The second kappa shape index (κ2) is 7.30. The van der Waals surface area contributed by atoms with Crippen molar-refractivity contribution in [2.24, 2.45) is 5.11 Å². The van der Waals surface area contributed by atoms with E-state index >= 15 is 0 Å². The Labute approximate surface area is 163 Å². The predicted molar refractivity (Wildman–Crippen MR) is 106 cm³/mol. The summed E-state index contributed by atoms with van der Waals surface area (Å²) in [6.45, 7) is 10.9. The van der Waals surface area contributed by atoms with Gasteiger partial charge in [-0.05, 0) is 23.7 Å². The molecule has 1 aliphatic heterocycles. The standard InChI is InChI=1S/C16H26N8O3Si/c1-16(2,3)28(4,5)26-6-9-12(25)10(22-23-18)15(27-9)24-8-21-11-13(17)19-7-20-14(11)24/h7-10,12,15,25H,6H2,1-5H3,(H2,17,19,20)/t9-,10-,12-,15-/m1/s1. The molecule has 152 valence electrons. The normalized spacial score (nSPS) is 25.8. The molecule has 0 unspecified atom stereocenters. The maximum absolute atomic E-state index is 10.7. The Balaban J connectivity index is 1.88. The fraction of sp³-hybridized carbons (Fsp3) is 0.688. The summed E-state index contributed by atoms with van der Waals surface area (Å²) in [5.74, 6) is 0.237. The van der Waals surface area contributed by atoms with E-state index < -0.39 is 32.8 Å². The SMILES string of the molecule is CC(C)(C)[Si](C)(C)OC[C@H]1O[C@@H](n2cnc3c(N)ncnc32)[C@H](N=[N+]=[N-])[C@@H]1O. The number of rotatable bonds is 5. The fourth-order valence-electron chi connectivity index (χ4n) is 2.84. The van der Waals surface area contributed by atoms with Gasteiger partial charge in [0, 0.05) is 4.91 Å². The third kappa shape index (κ3) is 3.56. The molecule has 12 heteroatoms. The number of nitrogen functional groups attached to an aromatic ring is 1.